The largest absolute Gasteiger partial charge is 0.396 e. The molecule has 0 aliphatic carbocycles. The monoisotopic (exact) mass is 532 g/mol. The summed E-state index contributed by atoms with van der Waals surface area (Å²) in [6.45, 7) is 8.45. The Balaban J connectivity index is 1.33. The van der Waals surface area contributed by atoms with E-state index in [1.165, 1.54) is 11.8 Å². The number of aryl methyl sites for hydroxylation is 2. The van der Waals surface area contributed by atoms with Crippen LogP contribution in [0.1, 0.15) is 17.7 Å². The van der Waals surface area contributed by atoms with Crippen molar-refractivity contribution in [3.63, 3.8) is 0 Å². The topological polar surface area (TPSA) is 78.7 Å². The van der Waals surface area contributed by atoms with E-state index in [4.69, 9.17) is 10.1 Å². The molecule has 1 N–H and O–H groups in total. The van der Waals surface area contributed by atoms with Crippen LogP contribution in [0.15, 0.2) is 65.6 Å². The Bertz CT molecular complexity index is 1520. The van der Waals surface area contributed by atoms with Crippen LogP contribution in [0.25, 0.3) is 33.4 Å². The van der Waals surface area contributed by atoms with Crippen molar-refractivity contribution in [3.05, 3.63) is 71.9 Å². The van der Waals surface area contributed by atoms with E-state index in [1.54, 1.807) is 12.1 Å². The second kappa shape index (κ2) is 11.0. The van der Waals surface area contributed by atoms with Crippen molar-refractivity contribution in [2.75, 3.05) is 45.6 Å². The van der Waals surface area contributed by atoms with Gasteiger partial charge in [0, 0.05) is 81.5 Å². The zero-order valence-electron chi connectivity index (χ0n) is 22.4. The lowest BCUT2D eigenvalue weighted by molar-refractivity contribution is 0.120. The van der Waals surface area contributed by atoms with Crippen LogP contribution >= 0.6 is 0 Å². The first kappa shape index (κ1) is 26.6. The van der Waals surface area contributed by atoms with Crippen molar-refractivity contribution in [2.45, 2.75) is 24.8 Å². The lowest BCUT2D eigenvalue weighted by Gasteiger charge is -2.34. The van der Waals surface area contributed by atoms with Gasteiger partial charge in [-0.3, -0.25) is 9.88 Å². The third kappa shape index (κ3) is 5.68. The van der Waals surface area contributed by atoms with Crippen LogP contribution in [0.4, 0.5) is 0 Å². The van der Waals surface area contributed by atoms with Gasteiger partial charge in [-0.05, 0) is 48.7 Å². The van der Waals surface area contributed by atoms with Crippen LogP contribution in [0.5, 0.6) is 0 Å². The summed E-state index contributed by atoms with van der Waals surface area (Å²) < 4.78 is 25.8. The molecule has 0 amide bonds. The molecular weight excluding hydrogens is 496 g/mol. The van der Waals surface area contributed by atoms with Crippen molar-refractivity contribution < 1.29 is 13.5 Å². The van der Waals surface area contributed by atoms with Crippen LogP contribution in [0, 0.1) is 6.92 Å². The van der Waals surface area contributed by atoms with E-state index in [1.807, 2.05) is 26.1 Å². The molecular formula is C30H36N4O3S. The number of nitrogens with zero attached hydrogens (tertiary/aromatic N) is 4. The highest BCUT2D eigenvalue weighted by Gasteiger charge is 2.17. The van der Waals surface area contributed by atoms with Crippen LogP contribution in [-0.2, 0) is 23.4 Å². The molecule has 0 radical (unpaired) electrons. The van der Waals surface area contributed by atoms with Gasteiger partial charge in [0.05, 0.1) is 16.1 Å². The summed E-state index contributed by atoms with van der Waals surface area (Å²) >= 11 is 0. The zero-order valence-corrected chi connectivity index (χ0v) is 23.2. The van der Waals surface area contributed by atoms with Gasteiger partial charge in [-0.25, -0.2) is 8.42 Å². The van der Waals surface area contributed by atoms with Crippen molar-refractivity contribution in [1.82, 2.24) is 19.4 Å². The molecule has 8 heteroatoms. The standard InChI is InChI=1S/C30H36N4O3S/c1-22-27-19-29(25-9-11-26(12-10-25)38(3,36)37)32(2)30(27)20-28(31-22)24-7-5-23(6-8-24)21-34-16-14-33(15-17-34)13-4-18-35/h5-12,19-20,35H,4,13-18,21H2,1-3H3. The third-order valence-electron chi connectivity index (χ3n) is 7.56. The van der Waals surface area contributed by atoms with Gasteiger partial charge in [0.15, 0.2) is 9.84 Å². The predicted molar refractivity (Wildman–Crippen MR) is 153 cm³/mol. The van der Waals surface area contributed by atoms with Crippen LogP contribution in [-0.4, -0.2) is 78.5 Å². The highest BCUT2D eigenvalue weighted by Crippen LogP contribution is 2.32. The molecule has 0 atom stereocenters. The molecule has 1 fully saturated rings. The molecule has 1 saturated heterocycles. The molecule has 0 bridgehead atoms. The van der Waals surface area contributed by atoms with Gasteiger partial charge in [-0.2, -0.15) is 0 Å². The average Bonchev–Trinajstić information content (AvgIpc) is 3.25. The van der Waals surface area contributed by atoms with Crippen LogP contribution in [0.3, 0.4) is 0 Å². The Morgan fingerprint density at radius 1 is 0.895 bits per heavy atom. The first-order valence-corrected chi connectivity index (χ1v) is 15.0. The molecule has 0 unspecified atom stereocenters. The van der Waals surface area contributed by atoms with Gasteiger partial charge in [0.2, 0.25) is 0 Å². The maximum Gasteiger partial charge on any atom is 0.175 e. The summed E-state index contributed by atoms with van der Waals surface area (Å²) in [5.74, 6) is 0. The van der Waals surface area contributed by atoms with Gasteiger partial charge >= 0.3 is 0 Å². The lowest BCUT2D eigenvalue weighted by Crippen LogP contribution is -2.46. The number of aliphatic hydroxyl groups excluding tert-OH is 1. The quantitative estimate of drug-likeness (QED) is 0.368. The molecule has 7 nitrogen and oxygen atoms in total. The fourth-order valence-electron chi connectivity index (χ4n) is 5.29. The summed E-state index contributed by atoms with van der Waals surface area (Å²) in [5.41, 5.74) is 7.39. The average molecular weight is 533 g/mol. The Morgan fingerprint density at radius 3 is 2.16 bits per heavy atom. The molecule has 1 aliphatic heterocycles. The van der Waals surface area contributed by atoms with E-state index < -0.39 is 9.84 Å². The van der Waals surface area contributed by atoms with Gasteiger partial charge in [-0.15, -0.1) is 0 Å². The Hall–Kier alpha value is -3.04. The Labute approximate surface area is 225 Å². The summed E-state index contributed by atoms with van der Waals surface area (Å²) in [7, 11) is -1.19. The molecule has 0 spiro atoms. The van der Waals surface area contributed by atoms with Crippen molar-refractivity contribution in [1.29, 1.82) is 0 Å². The van der Waals surface area contributed by atoms with Gasteiger partial charge in [0.1, 0.15) is 0 Å². The van der Waals surface area contributed by atoms with Crippen molar-refractivity contribution >= 4 is 20.7 Å². The van der Waals surface area contributed by atoms with E-state index in [9.17, 15) is 8.42 Å². The summed E-state index contributed by atoms with van der Waals surface area (Å²) in [6, 6.07) is 20.0. The number of benzene rings is 2. The number of hydrogen-bond acceptors (Lipinski definition) is 6. The molecule has 4 aromatic rings. The number of rotatable bonds is 8. The van der Waals surface area contributed by atoms with Crippen LogP contribution in [0.2, 0.25) is 0 Å². The molecule has 3 heterocycles. The van der Waals surface area contributed by atoms with Gasteiger partial charge in [-0.1, -0.05) is 36.4 Å². The number of sulfone groups is 1. The SMILES string of the molecule is Cc1nc(-c2ccc(CN3CCN(CCCO)CC3)cc2)cc2c1cc(-c1ccc(S(C)(=O)=O)cc1)n2C. The van der Waals surface area contributed by atoms with Crippen LogP contribution < -0.4 is 0 Å². The summed E-state index contributed by atoms with van der Waals surface area (Å²) in [6.07, 6.45) is 2.08. The number of piperazine rings is 1. The number of aromatic nitrogens is 2. The minimum Gasteiger partial charge on any atom is -0.396 e. The fourth-order valence-corrected chi connectivity index (χ4v) is 5.92. The van der Waals surface area contributed by atoms with Crippen molar-refractivity contribution in [3.8, 4) is 22.5 Å². The number of fused-ring (bicyclic) bond motifs is 1. The Kier molecular flexibility index (Phi) is 7.68. The van der Waals surface area contributed by atoms with E-state index >= 15 is 0 Å². The molecule has 200 valence electrons. The summed E-state index contributed by atoms with van der Waals surface area (Å²) in [4.78, 5) is 10.2. The van der Waals surface area contributed by atoms with E-state index in [2.05, 4.69) is 50.8 Å². The molecule has 1 aliphatic rings. The summed E-state index contributed by atoms with van der Waals surface area (Å²) in [5, 5.41) is 10.1. The molecule has 38 heavy (non-hydrogen) atoms. The molecule has 0 saturated carbocycles. The molecule has 2 aromatic heterocycles. The van der Waals surface area contributed by atoms with E-state index in [0.717, 1.165) is 84.8 Å². The second-order valence-corrected chi connectivity index (χ2v) is 12.3. The number of pyridine rings is 1. The maximum absolute atomic E-state index is 11.8. The second-order valence-electron chi connectivity index (χ2n) is 10.3. The first-order chi connectivity index (χ1) is 18.2. The van der Waals surface area contributed by atoms with E-state index in [-0.39, 0.29) is 6.61 Å². The highest BCUT2D eigenvalue weighted by atomic mass is 32.2. The minimum absolute atomic E-state index is 0.264. The van der Waals surface area contributed by atoms with Gasteiger partial charge in [0.25, 0.3) is 0 Å². The third-order valence-corrected chi connectivity index (χ3v) is 8.69. The normalized spacial score (nSPS) is 15.4. The predicted octanol–water partition coefficient (Wildman–Crippen LogP) is 4.12. The first-order valence-electron chi connectivity index (χ1n) is 13.2. The number of hydrogen-bond donors (Lipinski definition) is 1. The maximum atomic E-state index is 11.8. The zero-order chi connectivity index (χ0) is 26.9. The molecule has 5 rings (SSSR count). The minimum atomic E-state index is -3.23. The molecule has 2 aromatic carbocycles. The van der Waals surface area contributed by atoms with Crippen molar-refractivity contribution in [2.24, 2.45) is 7.05 Å². The smallest absolute Gasteiger partial charge is 0.175 e. The highest BCUT2D eigenvalue weighted by molar-refractivity contribution is 7.90. The Morgan fingerprint density at radius 2 is 1.53 bits per heavy atom. The fraction of sp³-hybridized carbons (Fsp3) is 0.367. The van der Waals surface area contributed by atoms with E-state index in [0.29, 0.717) is 4.90 Å². The lowest BCUT2D eigenvalue weighted by atomic mass is 10.1. The number of aliphatic hydroxyl groups is 1. The van der Waals surface area contributed by atoms with Gasteiger partial charge < -0.3 is 14.6 Å².